The van der Waals surface area contributed by atoms with E-state index in [-0.39, 0.29) is 0 Å². The third-order valence-corrected chi connectivity index (χ3v) is 1.53. The number of carbonyl (C=O) groups is 1. The van der Waals surface area contributed by atoms with Crippen LogP contribution < -0.4 is 5.32 Å². The largest absolute Gasteiger partial charge is 0.478 e. The van der Waals surface area contributed by atoms with Crippen LogP contribution in [0, 0.1) is 0 Å². The maximum atomic E-state index is 10.3. The topological polar surface area (TPSA) is 75.1 Å². The van der Waals surface area contributed by atoms with Gasteiger partial charge >= 0.3 is 5.97 Å². The molecule has 14 heavy (non-hydrogen) atoms. The maximum Gasteiger partial charge on any atom is 0.330 e. The Labute approximate surface area is 81.5 Å². The molecule has 74 valence electrons. The molecule has 0 aromatic carbocycles. The fourth-order valence-electron chi connectivity index (χ4n) is 0.899. The predicted octanol–water partition coefficient (Wildman–Crippen LogP) is 0.555. The third kappa shape index (κ3) is 3.66. The van der Waals surface area contributed by atoms with Crippen molar-refractivity contribution in [1.82, 2.24) is 15.3 Å². The van der Waals surface area contributed by atoms with Gasteiger partial charge in [0.2, 0.25) is 0 Å². The summed E-state index contributed by atoms with van der Waals surface area (Å²) in [5.41, 5.74) is 1.51. The van der Waals surface area contributed by atoms with Crippen molar-refractivity contribution in [3.05, 3.63) is 36.1 Å². The lowest BCUT2D eigenvalue weighted by Gasteiger charge is -2.04. The number of rotatable bonds is 4. The molecule has 2 N–H and O–H groups in total. The molecule has 0 aliphatic rings. The van der Waals surface area contributed by atoms with E-state index in [0.29, 0.717) is 12.2 Å². The van der Waals surface area contributed by atoms with E-state index in [4.69, 9.17) is 5.11 Å². The zero-order chi connectivity index (χ0) is 10.4. The Balaban J connectivity index is 2.45. The summed E-state index contributed by atoms with van der Waals surface area (Å²) in [6, 6.07) is 0. The van der Waals surface area contributed by atoms with Crippen molar-refractivity contribution in [2.24, 2.45) is 0 Å². The van der Waals surface area contributed by atoms with Crippen LogP contribution in [0.25, 0.3) is 0 Å². The molecular formula is C9H11N3O2. The van der Waals surface area contributed by atoms with Gasteiger partial charge in [0.25, 0.3) is 0 Å². The number of carboxylic acids is 1. The van der Waals surface area contributed by atoms with Crippen molar-refractivity contribution in [3.8, 4) is 0 Å². The highest BCUT2D eigenvalue weighted by Crippen LogP contribution is 1.94. The van der Waals surface area contributed by atoms with Gasteiger partial charge in [-0.25, -0.2) is 14.8 Å². The summed E-state index contributed by atoms with van der Waals surface area (Å²) in [6.45, 7) is 2.22. The summed E-state index contributed by atoms with van der Waals surface area (Å²) in [6.07, 6.45) is 5.91. The molecule has 0 aliphatic carbocycles. The molecule has 1 aromatic heterocycles. The fourth-order valence-corrected chi connectivity index (χ4v) is 0.899. The Bertz CT molecular complexity index is 335. The Hall–Kier alpha value is -1.91. The molecule has 0 saturated heterocycles. The lowest BCUT2D eigenvalue weighted by Crippen LogP contribution is -2.12. The minimum atomic E-state index is -0.959. The first-order valence-electron chi connectivity index (χ1n) is 4.07. The Morgan fingerprint density at radius 1 is 1.57 bits per heavy atom. The van der Waals surface area contributed by atoms with Crippen LogP contribution in [0.3, 0.4) is 0 Å². The second kappa shape index (κ2) is 4.96. The molecule has 0 aliphatic heterocycles. The van der Waals surface area contributed by atoms with Crippen molar-refractivity contribution in [2.45, 2.75) is 13.5 Å². The summed E-state index contributed by atoms with van der Waals surface area (Å²) in [7, 11) is 0. The van der Waals surface area contributed by atoms with Gasteiger partial charge in [0.1, 0.15) is 6.33 Å². The molecule has 5 nitrogen and oxygen atoms in total. The van der Waals surface area contributed by atoms with Crippen molar-refractivity contribution in [2.75, 3.05) is 0 Å². The van der Waals surface area contributed by atoms with Crippen molar-refractivity contribution < 1.29 is 9.90 Å². The van der Waals surface area contributed by atoms with Crippen LogP contribution >= 0.6 is 0 Å². The molecule has 0 atom stereocenters. The lowest BCUT2D eigenvalue weighted by atomic mass is 10.3. The summed E-state index contributed by atoms with van der Waals surface area (Å²) in [5.74, 6) is -0.959. The lowest BCUT2D eigenvalue weighted by molar-refractivity contribution is -0.131. The van der Waals surface area contributed by atoms with Crippen LogP contribution in [-0.4, -0.2) is 21.0 Å². The van der Waals surface area contributed by atoms with Crippen LogP contribution in [0.1, 0.15) is 12.5 Å². The molecule has 5 heteroatoms. The predicted molar refractivity (Wildman–Crippen MR) is 50.3 cm³/mol. The van der Waals surface area contributed by atoms with E-state index < -0.39 is 5.97 Å². The van der Waals surface area contributed by atoms with Gasteiger partial charge in [0.15, 0.2) is 0 Å². The SMILES string of the molecule is C/C(=C/C(=O)O)NCc1cncnc1. The Morgan fingerprint density at radius 3 is 2.79 bits per heavy atom. The smallest absolute Gasteiger partial charge is 0.330 e. The van der Waals surface area contributed by atoms with E-state index in [0.717, 1.165) is 11.6 Å². The van der Waals surface area contributed by atoms with E-state index >= 15 is 0 Å². The summed E-state index contributed by atoms with van der Waals surface area (Å²) >= 11 is 0. The van der Waals surface area contributed by atoms with Gasteiger partial charge in [-0.3, -0.25) is 0 Å². The number of hydrogen-bond acceptors (Lipinski definition) is 4. The van der Waals surface area contributed by atoms with Crippen molar-refractivity contribution >= 4 is 5.97 Å². The highest BCUT2D eigenvalue weighted by atomic mass is 16.4. The van der Waals surface area contributed by atoms with Gasteiger partial charge in [-0.1, -0.05) is 0 Å². The van der Waals surface area contributed by atoms with E-state index in [9.17, 15) is 4.79 Å². The average Bonchev–Trinajstić information content (AvgIpc) is 2.15. The zero-order valence-corrected chi connectivity index (χ0v) is 7.77. The number of allylic oxidation sites excluding steroid dienone is 1. The van der Waals surface area contributed by atoms with Crippen molar-refractivity contribution in [1.29, 1.82) is 0 Å². The number of carboxylic acid groups (broad SMARTS) is 1. The molecule has 0 unspecified atom stereocenters. The molecule has 1 aromatic rings. The van der Waals surface area contributed by atoms with Crippen LogP contribution in [0.2, 0.25) is 0 Å². The van der Waals surface area contributed by atoms with Gasteiger partial charge in [-0.15, -0.1) is 0 Å². The first kappa shape index (κ1) is 10.2. The van der Waals surface area contributed by atoms with E-state index in [2.05, 4.69) is 15.3 Å². The highest BCUT2D eigenvalue weighted by molar-refractivity contribution is 5.80. The summed E-state index contributed by atoms with van der Waals surface area (Å²) in [5, 5.41) is 11.4. The molecule has 1 rings (SSSR count). The van der Waals surface area contributed by atoms with E-state index in [1.165, 1.54) is 6.33 Å². The number of aliphatic carboxylic acids is 1. The molecule has 0 bridgehead atoms. The number of hydrogen-bond donors (Lipinski definition) is 2. The molecule has 1 heterocycles. The zero-order valence-electron chi connectivity index (χ0n) is 7.77. The molecule has 0 radical (unpaired) electrons. The van der Waals surface area contributed by atoms with Gasteiger partial charge in [-0.05, 0) is 6.92 Å². The molecule has 0 spiro atoms. The molecular weight excluding hydrogens is 182 g/mol. The van der Waals surface area contributed by atoms with Crippen LogP contribution in [0.15, 0.2) is 30.5 Å². The van der Waals surface area contributed by atoms with Crippen LogP contribution in [0.4, 0.5) is 0 Å². The first-order chi connectivity index (χ1) is 6.68. The molecule has 0 saturated carbocycles. The monoisotopic (exact) mass is 193 g/mol. The third-order valence-electron chi connectivity index (χ3n) is 1.53. The number of nitrogens with one attached hydrogen (secondary N) is 1. The second-order valence-electron chi connectivity index (χ2n) is 2.77. The molecule has 0 amide bonds. The van der Waals surface area contributed by atoms with Gasteiger partial charge in [-0.2, -0.15) is 0 Å². The fraction of sp³-hybridized carbons (Fsp3) is 0.222. The first-order valence-corrected chi connectivity index (χ1v) is 4.07. The molecule has 0 fully saturated rings. The highest BCUT2D eigenvalue weighted by Gasteiger charge is 1.95. The summed E-state index contributed by atoms with van der Waals surface area (Å²) < 4.78 is 0. The van der Waals surface area contributed by atoms with Crippen LogP contribution in [0.5, 0.6) is 0 Å². The van der Waals surface area contributed by atoms with Gasteiger partial charge in [0, 0.05) is 36.3 Å². The Morgan fingerprint density at radius 2 is 2.21 bits per heavy atom. The van der Waals surface area contributed by atoms with Crippen LogP contribution in [-0.2, 0) is 11.3 Å². The van der Waals surface area contributed by atoms with E-state index in [1.807, 2.05) is 0 Å². The number of nitrogens with zero attached hydrogens (tertiary/aromatic N) is 2. The van der Waals surface area contributed by atoms with Crippen molar-refractivity contribution in [3.63, 3.8) is 0 Å². The normalized spacial score (nSPS) is 11.1. The minimum absolute atomic E-state index is 0.524. The Kier molecular flexibility index (Phi) is 3.60. The van der Waals surface area contributed by atoms with E-state index in [1.54, 1.807) is 19.3 Å². The van der Waals surface area contributed by atoms with Gasteiger partial charge < -0.3 is 10.4 Å². The maximum absolute atomic E-state index is 10.3. The summed E-state index contributed by atoms with van der Waals surface area (Å²) in [4.78, 5) is 18.0. The standard InChI is InChI=1S/C9H11N3O2/c1-7(2-9(13)14)12-5-8-3-10-6-11-4-8/h2-4,6,12H,5H2,1H3,(H,13,14)/b7-2-. The quantitative estimate of drug-likeness (QED) is 0.683. The number of aromatic nitrogens is 2. The minimum Gasteiger partial charge on any atom is -0.478 e. The average molecular weight is 193 g/mol. The second-order valence-corrected chi connectivity index (χ2v) is 2.77. The van der Waals surface area contributed by atoms with Gasteiger partial charge in [0.05, 0.1) is 0 Å².